The van der Waals surface area contributed by atoms with E-state index in [0.29, 0.717) is 6.07 Å². The number of carbonyl (C=O) groups excluding carboxylic acids is 1. The van der Waals surface area contributed by atoms with Crippen molar-refractivity contribution in [2.75, 3.05) is 18.4 Å². The molecule has 2 aliphatic heterocycles. The molecule has 2 unspecified atom stereocenters. The Bertz CT molecular complexity index is 1560. The number of likely N-dealkylation sites (tertiary alicyclic amines) is 1. The van der Waals surface area contributed by atoms with Crippen molar-refractivity contribution in [3.05, 3.63) is 59.7 Å². The minimum atomic E-state index is -6.41. The van der Waals surface area contributed by atoms with Gasteiger partial charge in [0.05, 0.1) is 16.9 Å². The minimum absolute atomic E-state index is 0.142. The van der Waals surface area contributed by atoms with Crippen molar-refractivity contribution >= 4 is 27.4 Å². The van der Waals surface area contributed by atoms with Crippen LogP contribution in [0.1, 0.15) is 43.2 Å². The number of benzene rings is 2. The first-order chi connectivity index (χ1) is 20.3. The van der Waals surface area contributed by atoms with Gasteiger partial charge in [0, 0.05) is 24.3 Å². The SMILES string of the molecule is O=C(O)C1CCC(F)(C(=O)N2CCC3(S(=O)(=O)c4ccccc4)c4ccc(C(F)(C(F)(F)F)C(F)(F)F)cc4NCC23)CC1. The number of rotatable bonds is 5. The Labute approximate surface area is 246 Å². The second-order valence-electron chi connectivity index (χ2n) is 11.3. The number of hydrogen-bond acceptors (Lipinski definition) is 5. The van der Waals surface area contributed by atoms with E-state index in [1.165, 1.54) is 30.3 Å². The molecule has 16 heteroatoms. The Morgan fingerprint density at radius 2 is 1.50 bits per heavy atom. The maximum absolute atomic E-state index is 16.1. The van der Waals surface area contributed by atoms with Crippen LogP contribution in [0, 0.1) is 5.92 Å². The molecule has 1 aliphatic carbocycles. The van der Waals surface area contributed by atoms with Crippen molar-refractivity contribution in [1.29, 1.82) is 0 Å². The molecule has 3 aliphatic rings. The normalized spacial score (nSPS) is 27.7. The number of halogens is 8. The summed E-state index contributed by atoms with van der Waals surface area (Å²) >= 11 is 0. The summed E-state index contributed by atoms with van der Waals surface area (Å²) in [5, 5.41) is 11.8. The smallest absolute Gasteiger partial charge is 0.435 e. The number of aliphatic carboxylic acids is 1. The van der Waals surface area contributed by atoms with Gasteiger partial charge in [-0.15, -0.1) is 0 Å². The molecular weight excluding hydrogens is 628 g/mol. The highest BCUT2D eigenvalue weighted by Crippen LogP contribution is 2.57. The highest BCUT2D eigenvalue weighted by atomic mass is 32.2. The first-order valence-electron chi connectivity index (χ1n) is 13.5. The van der Waals surface area contributed by atoms with Crippen molar-refractivity contribution in [3.63, 3.8) is 0 Å². The number of amides is 1. The molecule has 1 amide bonds. The third-order valence-corrected chi connectivity index (χ3v) is 11.6. The average molecular weight is 655 g/mol. The molecule has 7 nitrogen and oxygen atoms in total. The second-order valence-corrected chi connectivity index (χ2v) is 13.6. The van der Waals surface area contributed by atoms with Crippen LogP contribution in [0.3, 0.4) is 0 Å². The first kappa shape index (κ1) is 32.0. The summed E-state index contributed by atoms with van der Waals surface area (Å²) in [7, 11) is -4.59. The number of anilines is 1. The molecule has 5 rings (SSSR count). The van der Waals surface area contributed by atoms with E-state index in [0.717, 1.165) is 4.90 Å². The molecule has 1 saturated heterocycles. The number of nitrogens with one attached hydrogen (secondary N) is 1. The second kappa shape index (κ2) is 10.3. The quantitative estimate of drug-likeness (QED) is 0.404. The molecule has 44 heavy (non-hydrogen) atoms. The Kier molecular flexibility index (Phi) is 7.49. The molecule has 0 bridgehead atoms. The number of alkyl halides is 8. The van der Waals surface area contributed by atoms with Gasteiger partial charge in [0.25, 0.3) is 5.91 Å². The molecule has 2 heterocycles. The van der Waals surface area contributed by atoms with Crippen LogP contribution in [0.25, 0.3) is 0 Å². The van der Waals surface area contributed by atoms with Crippen LogP contribution < -0.4 is 5.32 Å². The van der Waals surface area contributed by atoms with Crippen LogP contribution in [0.15, 0.2) is 53.4 Å². The molecule has 0 aromatic heterocycles. The summed E-state index contributed by atoms with van der Waals surface area (Å²) in [6, 6.07) is 6.54. The third kappa shape index (κ3) is 4.53. The molecule has 0 radical (unpaired) electrons. The van der Waals surface area contributed by atoms with Gasteiger partial charge in [0.1, 0.15) is 4.75 Å². The monoisotopic (exact) mass is 654 g/mol. The van der Waals surface area contributed by atoms with Crippen LogP contribution >= 0.6 is 0 Å². The maximum Gasteiger partial charge on any atom is 0.435 e. The lowest BCUT2D eigenvalue weighted by atomic mass is 9.78. The Hall–Kier alpha value is -3.43. The summed E-state index contributed by atoms with van der Waals surface area (Å²) in [5.41, 5.74) is -10.9. The fourth-order valence-electron chi connectivity index (χ4n) is 6.72. The number of carboxylic acid groups (broad SMARTS) is 1. The Balaban J connectivity index is 1.63. The van der Waals surface area contributed by atoms with E-state index >= 15 is 4.39 Å². The van der Waals surface area contributed by atoms with Gasteiger partial charge in [-0.1, -0.05) is 30.3 Å². The van der Waals surface area contributed by atoms with Crippen LogP contribution in [0.5, 0.6) is 0 Å². The summed E-state index contributed by atoms with van der Waals surface area (Å²) in [6.45, 7) is -0.871. The molecule has 2 aromatic rings. The zero-order valence-electron chi connectivity index (χ0n) is 22.7. The van der Waals surface area contributed by atoms with Gasteiger partial charge < -0.3 is 15.3 Å². The highest BCUT2D eigenvalue weighted by molar-refractivity contribution is 7.92. The number of carboxylic acids is 1. The zero-order valence-corrected chi connectivity index (χ0v) is 23.5. The molecule has 240 valence electrons. The first-order valence-corrected chi connectivity index (χ1v) is 15.0. The van der Waals surface area contributed by atoms with Crippen molar-refractivity contribution in [2.45, 2.75) is 71.5 Å². The molecule has 2 atom stereocenters. The van der Waals surface area contributed by atoms with Gasteiger partial charge in [-0.3, -0.25) is 9.59 Å². The lowest BCUT2D eigenvalue weighted by molar-refractivity contribution is -0.348. The van der Waals surface area contributed by atoms with Gasteiger partial charge in [-0.25, -0.2) is 17.2 Å². The lowest BCUT2D eigenvalue weighted by Crippen LogP contribution is -2.59. The number of carbonyl (C=O) groups is 2. The lowest BCUT2D eigenvalue weighted by Gasteiger charge is -2.44. The van der Waals surface area contributed by atoms with Gasteiger partial charge in [0.2, 0.25) is 0 Å². The van der Waals surface area contributed by atoms with Gasteiger partial charge in [0.15, 0.2) is 15.5 Å². The standard InChI is InChI=1S/C28H26F8N2O5S/c29-24(10-8-16(9-11-24)22(39)40)23(41)38-13-12-25(44(42,43)18-4-2-1-3-5-18)19-7-6-17(14-20(19)37-15-21(25)38)26(30,27(31,32)33)28(34,35)36/h1-7,14,16,21,37H,8-13,15H2,(H,39,40). The fourth-order valence-corrected chi connectivity index (χ4v) is 9.06. The summed E-state index contributed by atoms with van der Waals surface area (Å²) in [5.74, 6) is -3.10. The highest BCUT2D eigenvalue weighted by Gasteiger charge is 2.74. The van der Waals surface area contributed by atoms with E-state index in [9.17, 15) is 53.8 Å². The van der Waals surface area contributed by atoms with E-state index in [4.69, 9.17) is 0 Å². The molecule has 2 aromatic carbocycles. The van der Waals surface area contributed by atoms with E-state index < -0.39 is 99.2 Å². The molecule has 2 fully saturated rings. The Morgan fingerprint density at radius 1 is 0.909 bits per heavy atom. The maximum atomic E-state index is 16.1. The predicted octanol–water partition coefficient (Wildman–Crippen LogP) is 5.65. The molecule has 0 spiro atoms. The van der Waals surface area contributed by atoms with E-state index in [1.54, 1.807) is 0 Å². The summed E-state index contributed by atoms with van der Waals surface area (Å²) in [4.78, 5) is 25.7. The molecule has 1 saturated carbocycles. The topological polar surface area (TPSA) is 104 Å². The van der Waals surface area contributed by atoms with Crippen LogP contribution in [-0.2, 0) is 29.8 Å². The van der Waals surface area contributed by atoms with Crippen molar-refractivity contribution in [2.24, 2.45) is 5.92 Å². The molecular formula is C28H26F8N2O5S. The van der Waals surface area contributed by atoms with Gasteiger partial charge in [-0.05, 0) is 55.9 Å². The summed E-state index contributed by atoms with van der Waals surface area (Å²) in [6.07, 6.45) is -14.4. The average Bonchev–Trinajstić information content (AvgIpc) is 3.37. The molecule has 2 N–H and O–H groups in total. The largest absolute Gasteiger partial charge is 0.481 e. The van der Waals surface area contributed by atoms with Crippen LogP contribution in [0.4, 0.5) is 40.8 Å². The fraction of sp³-hybridized carbons (Fsp3) is 0.500. The summed E-state index contributed by atoms with van der Waals surface area (Å²) < 4.78 is 139. The zero-order chi connectivity index (χ0) is 32.5. The van der Waals surface area contributed by atoms with Gasteiger partial charge >= 0.3 is 24.0 Å². The van der Waals surface area contributed by atoms with E-state index in [-0.39, 0.29) is 42.0 Å². The van der Waals surface area contributed by atoms with Crippen LogP contribution in [-0.4, -0.2) is 67.5 Å². The Morgan fingerprint density at radius 3 is 2.05 bits per heavy atom. The number of hydrogen-bond donors (Lipinski definition) is 2. The van der Waals surface area contributed by atoms with Crippen LogP contribution in [0.2, 0.25) is 0 Å². The van der Waals surface area contributed by atoms with Gasteiger partial charge in [-0.2, -0.15) is 26.3 Å². The van der Waals surface area contributed by atoms with Crippen molar-refractivity contribution in [1.82, 2.24) is 4.90 Å². The van der Waals surface area contributed by atoms with E-state index in [1.807, 2.05) is 0 Å². The number of fused-ring (bicyclic) bond motifs is 3. The number of sulfone groups is 1. The number of nitrogens with zero attached hydrogens (tertiary/aromatic N) is 1. The predicted molar refractivity (Wildman–Crippen MR) is 139 cm³/mol. The van der Waals surface area contributed by atoms with E-state index in [2.05, 4.69) is 5.32 Å². The van der Waals surface area contributed by atoms with Crippen molar-refractivity contribution in [3.8, 4) is 0 Å². The minimum Gasteiger partial charge on any atom is -0.481 e. The van der Waals surface area contributed by atoms with Crippen molar-refractivity contribution < 1.29 is 58.2 Å². The third-order valence-electron chi connectivity index (χ3n) is 9.08.